The van der Waals surface area contributed by atoms with Crippen LogP contribution in [0.1, 0.15) is 89.7 Å². The maximum absolute atomic E-state index is 13.1. The number of nitrogens with zero attached hydrogens (tertiary/aromatic N) is 7. The molecule has 4 heterocycles. The summed E-state index contributed by atoms with van der Waals surface area (Å²) in [6.45, 7) is 7.88. The van der Waals surface area contributed by atoms with Crippen LogP contribution in [0.15, 0.2) is 67.7 Å². The van der Waals surface area contributed by atoms with Crippen LogP contribution in [0.5, 0.6) is 11.5 Å². The van der Waals surface area contributed by atoms with Gasteiger partial charge in [0, 0.05) is 33.2 Å². The number of aryl methyl sites for hydroxylation is 2. The van der Waals surface area contributed by atoms with Crippen LogP contribution in [0.3, 0.4) is 0 Å². The monoisotopic (exact) mass is 836 g/mol. The van der Waals surface area contributed by atoms with Gasteiger partial charge in [-0.25, -0.2) is 9.59 Å². The second-order valence-corrected chi connectivity index (χ2v) is 17.6. The smallest absolute Gasteiger partial charge is 0.332 e. The third-order valence-corrected chi connectivity index (χ3v) is 12.6. The Morgan fingerprint density at radius 1 is 0.639 bits per heavy atom. The van der Waals surface area contributed by atoms with Crippen LogP contribution >= 0.6 is 0 Å². The maximum Gasteiger partial charge on any atom is 0.332 e. The van der Waals surface area contributed by atoms with Gasteiger partial charge in [0.25, 0.3) is 11.1 Å². The van der Waals surface area contributed by atoms with Gasteiger partial charge in [-0.2, -0.15) is 9.97 Å². The molecular formula is C45H60N10O6. The molecular weight excluding hydrogens is 777 g/mol. The van der Waals surface area contributed by atoms with Gasteiger partial charge in [0.05, 0.1) is 27.3 Å². The largest absolute Gasteiger partial charge is 0.497 e. The highest BCUT2D eigenvalue weighted by Crippen LogP contribution is 2.38. The first-order chi connectivity index (χ1) is 29.2. The highest BCUT2D eigenvalue weighted by Gasteiger charge is 2.31. The van der Waals surface area contributed by atoms with Crippen molar-refractivity contribution in [1.29, 1.82) is 0 Å². The fourth-order valence-corrected chi connectivity index (χ4v) is 8.75. The molecule has 0 radical (unpaired) electrons. The third-order valence-electron chi connectivity index (χ3n) is 12.6. The van der Waals surface area contributed by atoms with Crippen molar-refractivity contribution >= 4 is 34.2 Å². The van der Waals surface area contributed by atoms with Gasteiger partial charge >= 0.3 is 11.4 Å². The van der Waals surface area contributed by atoms with E-state index in [1.54, 1.807) is 28.3 Å². The van der Waals surface area contributed by atoms with E-state index in [1.165, 1.54) is 48.3 Å². The standard InChI is InChI=1S/C25H35N5O3.C20H25N5O3/c1-25(2,3)17-9-11-18(12-10-17)26-23-27-21-20(22(31)29(5)24(32)28(21)4)30(23)15-16-7-13-19(33-6)14-8-16;1-24-17-16(18(26)23-20(24)27)25(12-13-8-10-15(28-2)11-9-13)19(22-17)21-14-6-4-3-5-7-14/h7-8,13-14,17-18H,9-12,15H2,1-6H3,(H,26,27);8-11,14H,3-7,12H2,1-2H3,(H,21,22)(H,23,26,27). The molecule has 0 spiro atoms. The van der Waals surface area contributed by atoms with Crippen molar-refractivity contribution in [3.63, 3.8) is 0 Å². The molecule has 2 aromatic carbocycles. The van der Waals surface area contributed by atoms with Gasteiger partial charge in [-0.15, -0.1) is 0 Å². The molecule has 2 aliphatic rings. The first-order valence-corrected chi connectivity index (χ1v) is 21.3. The topological polar surface area (TPSA) is 177 Å². The number of ether oxygens (including phenoxy) is 2. The minimum absolute atomic E-state index is 0.288. The van der Waals surface area contributed by atoms with E-state index < -0.39 is 11.2 Å². The molecule has 0 bridgehead atoms. The number of nitrogens with one attached hydrogen (secondary N) is 3. The first kappa shape index (κ1) is 43.0. The zero-order valence-electron chi connectivity index (χ0n) is 36.7. The van der Waals surface area contributed by atoms with Gasteiger partial charge in [0.1, 0.15) is 11.5 Å². The molecule has 3 N–H and O–H groups in total. The molecule has 16 nitrogen and oxygen atoms in total. The van der Waals surface area contributed by atoms with Gasteiger partial charge in [-0.05, 0) is 85.3 Å². The number of hydrogen-bond donors (Lipinski definition) is 3. The minimum Gasteiger partial charge on any atom is -0.497 e. The van der Waals surface area contributed by atoms with Gasteiger partial charge in [-0.1, -0.05) is 64.3 Å². The van der Waals surface area contributed by atoms with Crippen molar-refractivity contribution in [3.8, 4) is 11.5 Å². The molecule has 8 rings (SSSR count). The molecule has 2 aliphatic carbocycles. The Morgan fingerprint density at radius 2 is 1.11 bits per heavy atom. The van der Waals surface area contributed by atoms with Crippen LogP contribution in [0, 0.1) is 11.3 Å². The van der Waals surface area contributed by atoms with E-state index in [4.69, 9.17) is 14.5 Å². The normalized spacial score (nSPS) is 17.2. The number of hydrogen-bond acceptors (Lipinski definition) is 10. The summed E-state index contributed by atoms with van der Waals surface area (Å²) >= 11 is 0. The molecule has 6 aromatic rings. The van der Waals surface area contributed by atoms with Crippen molar-refractivity contribution < 1.29 is 9.47 Å². The SMILES string of the molecule is COc1ccc(Cn2c(NC3CCC(C(C)(C)C)CC3)nc3c2c(=O)n(C)c(=O)n3C)cc1.COc1ccc(Cn2c(NC3CCCCC3)nc3c2c(=O)[nH]c(=O)n3C)cc1. The summed E-state index contributed by atoms with van der Waals surface area (Å²) in [5.74, 6) is 3.53. The second kappa shape index (κ2) is 17.9. The lowest BCUT2D eigenvalue weighted by atomic mass is 9.71. The Balaban J connectivity index is 0.000000186. The minimum atomic E-state index is -0.462. The number of anilines is 2. The number of H-pyrrole nitrogens is 1. The molecule has 0 aliphatic heterocycles. The number of aromatic amines is 1. The Morgan fingerprint density at radius 3 is 1.61 bits per heavy atom. The van der Waals surface area contributed by atoms with Crippen molar-refractivity contribution in [3.05, 3.63) is 101 Å². The molecule has 61 heavy (non-hydrogen) atoms. The van der Waals surface area contributed by atoms with Gasteiger partial charge < -0.3 is 20.1 Å². The number of methoxy groups -OCH3 is 2. The van der Waals surface area contributed by atoms with Crippen LogP contribution in [-0.2, 0) is 34.2 Å². The predicted octanol–water partition coefficient (Wildman–Crippen LogP) is 5.73. The van der Waals surface area contributed by atoms with Crippen molar-refractivity contribution in [2.24, 2.45) is 32.5 Å². The van der Waals surface area contributed by atoms with Crippen LogP contribution in [0.25, 0.3) is 22.3 Å². The molecule has 0 amide bonds. The fraction of sp³-hybridized carbons (Fsp3) is 0.511. The zero-order chi connectivity index (χ0) is 43.6. The van der Waals surface area contributed by atoms with E-state index in [9.17, 15) is 19.2 Å². The predicted molar refractivity (Wildman–Crippen MR) is 239 cm³/mol. The summed E-state index contributed by atoms with van der Waals surface area (Å²) in [4.78, 5) is 62.0. The third kappa shape index (κ3) is 9.17. The molecule has 326 valence electrons. The number of benzene rings is 2. The van der Waals surface area contributed by atoms with Gasteiger partial charge in [0.15, 0.2) is 22.3 Å². The van der Waals surface area contributed by atoms with Gasteiger partial charge in [0.2, 0.25) is 11.9 Å². The fourth-order valence-electron chi connectivity index (χ4n) is 8.75. The van der Waals surface area contributed by atoms with Crippen LogP contribution in [0.2, 0.25) is 0 Å². The first-order valence-electron chi connectivity index (χ1n) is 21.3. The summed E-state index contributed by atoms with van der Waals surface area (Å²) < 4.78 is 18.2. The molecule has 0 atom stereocenters. The van der Waals surface area contributed by atoms with E-state index in [0.29, 0.717) is 64.7 Å². The molecule has 4 aromatic heterocycles. The van der Waals surface area contributed by atoms with E-state index >= 15 is 0 Å². The van der Waals surface area contributed by atoms with Crippen LogP contribution in [0.4, 0.5) is 11.9 Å². The molecule has 2 fully saturated rings. The average Bonchev–Trinajstić information content (AvgIpc) is 3.80. The number of imidazole rings is 2. The lowest BCUT2D eigenvalue weighted by molar-refractivity contribution is 0.173. The van der Waals surface area contributed by atoms with Gasteiger partial charge in [-0.3, -0.25) is 37.4 Å². The summed E-state index contributed by atoms with van der Waals surface area (Å²) in [5, 5.41) is 7.13. The Labute approximate surface area is 354 Å². The Hall–Kier alpha value is -6.06. The summed E-state index contributed by atoms with van der Waals surface area (Å²) in [6.07, 6.45) is 10.3. The Bertz CT molecular complexity index is 2720. The van der Waals surface area contributed by atoms with E-state index in [2.05, 4.69) is 41.4 Å². The van der Waals surface area contributed by atoms with Crippen LogP contribution < -0.4 is 42.6 Å². The van der Waals surface area contributed by atoms with Crippen molar-refractivity contribution in [2.75, 3.05) is 24.9 Å². The van der Waals surface area contributed by atoms with Crippen LogP contribution in [-0.4, -0.2) is 64.1 Å². The molecule has 2 saturated carbocycles. The number of rotatable bonds is 10. The van der Waals surface area contributed by atoms with E-state index in [-0.39, 0.29) is 17.3 Å². The lowest BCUT2D eigenvalue weighted by Gasteiger charge is -2.37. The summed E-state index contributed by atoms with van der Waals surface area (Å²) in [5.41, 5.74) is 2.38. The van der Waals surface area contributed by atoms with E-state index in [1.807, 2.05) is 57.7 Å². The Kier molecular flexibility index (Phi) is 12.6. The zero-order valence-corrected chi connectivity index (χ0v) is 36.7. The second-order valence-electron chi connectivity index (χ2n) is 17.6. The summed E-state index contributed by atoms with van der Waals surface area (Å²) in [7, 11) is 8.06. The molecule has 0 unspecified atom stereocenters. The number of fused-ring (bicyclic) bond motifs is 2. The van der Waals surface area contributed by atoms with Crippen molar-refractivity contribution in [1.82, 2.24) is 37.8 Å². The summed E-state index contributed by atoms with van der Waals surface area (Å²) in [6, 6.07) is 16.1. The lowest BCUT2D eigenvalue weighted by Crippen LogP contribution is -2.37. The number of aromatic nitrogens is 8. The maximum atomic E-state index is 13.1. The van der Waals surface area contributed by atoms with E-state index in [0.717, 1.165) is 52.9 Å². The molecule has 16 heteroatoms. The average molecular weight is 837 g/mol. The molecule has 0 saturated heterocycles. The van der Waals surface area contributed by atoms with Crippen molar-refractivity contribution in [2.45, 2.75) is 104 Å². The quantitative estimate of drug-likeness (QED) is 0.154. The highest BCUT2D eigenvalue weighted by molar-refractivity contribution is 5.75. The highest BCUT2D eigenvalue weighted by atomic mass is 16.5.